The van der Waals surface area contributed by atoms with Crippen LogP contribution in [0.1, 0.15) is 31.2 Å². The zero-order valence-electron chi connectivity index (χ0n) is 10.9. The Kier molecular flexibility index (Phi) is 3.74. The number of hydrogen-bond donors (Lipinski definition) is 0. The van der Waals surface area contributed by atoms with Crippen LogP contribution in [0.3, 0.4) is 0 Å². The van der Waals surface area contributed by atoms with Crippen molar-refractivity contribution in [3.63, 3.8) is 0 Å². The second kappa shape index (κ2) is 5.49. The second-order valence-electron chi connectivity index (χ2n) is 5.32. The summed E-state index contributed by atoms with van der Waals surface area (Å²) in [4.78, 5) is 14.7. The van der Waals surface area contributed by atoms with Gasteiger partial charge in [-0.05, 0) is 49.8 Å². The molecule has 1 aliphatic carbocycles. The maximum atomic E-state index is 12.7. The third-order valence-corrected chi connectivity index (χ3v) is 4.81. The van der Waals surface area contributed by atoms with Gasteiger partial charge in [0, 0.05) is 22.6 Å². The molecule has 0 aromatic heterocycles. The first-order chi connectivity index (χ1) is 9.27. The Labute approximate surface area is 122 Å². The Hall–Kier alpha value is -1.09. The molecule has 1 heterocycles. The normalized spacial score (nSPS) is 19.3. The molecule has 1 aromatic rings. The molecule has 1 aromatic carbocycles. The van der Waals surface area contributed by atoms with Crippen LogP contribution in [-0.2, 0) is 11.2 Å². The molecule has 100 valence electrons. The van der Waals surface area contributed by atoms with E-state index in [1.807, 2.05) is 11.0 Å². The van der Waals surface area contributed by atoms with Gasteiger partial charge in [-0.1, -0.05) is 34.1 Å². The molecule has 19 heavy (non-hydrogen) atoms. The molecule has 0 spiro atoms. The van der Waals surface area contributed by atoms with Gasteiger partial charge in [0.05, 0.1) is 0 Å². The van der Waals surface area contributed by atoms with Crippen molar-refractivity contribution in [2.45, 2.75) is 32.1 Å². The van der Waals surface area contributed by atoms with Crippen LogP contribution < -0.4 is 4.90 Å². The Bertz CT molecular complexity index is 515. The number of amides is 1. The van der Waals surface area contributed by atoms with Crippen molar-refractivity contribution in [3.8, 4) is 0 Å². The summed E-state index contributed by atoms with van der Waals surface area (Å²) in [6.45, 7) is 0.860. The van der Waals surface area contributed by atoms with Crippen LogP contribution in [0.4, 0.5) is 5.69 Å². The monoisotopic (exact) mass is 319 g/mol. The maximum absolute atomic E-state index is 12.7. The molecule has 0 N–H and O–H groups in total. The van der Waals surface area contributed by atoms with Gasteiger partial charge in [-0.15, -0.1) is 0 Å². The minimum absolute atomic E-state index is 0.157. The van der Waals surface area contributed by atoms with Crippen molar-refractivity contribution in [1.29, 1.82) is 0 Å². The first kappa shape index (κ1) is 12.9. The molecule has 1 amide bonds. The molecule has 0 fully saturated rings. The van der Waals surface area contributed by atoms with Crippen LogP contribution in [0.2, 0.25) is 0 Å². The molecule has 3 rings (SSSR count). The average Bonchev–Trinajstić information content (AvgIpc) is 2.85. The van der Waals surface area contributed by atoms with E-state index in [9.17, 15) is 4.79 Å². The van der Waals surface area contributed by atoms with Gasteiger partial charge in [-0.2, -0.15) is 0 Å². The van der Waals surface area contributed by atoms with E-state index >= 15 is 0 Å². The largest absolute Gasteiger partial charge is 0.312 e. The molecule has 2 nitrogen and oxygen atoms in total. The van der Waals surface area contributed by atoms with Crippen LogP contribution >= 0.6 is 15.9 Å². The van der Waals surface area contributed by atoms with E-state index in [2.05, 4.69) is 40.2 Å². The molecule has 1 aliphatic heterocycles. The molecule has 0 atom stereocenters. The fourth-order valence-corrected chi connectivity index (χ4v) is 3.56. The van der Waals surface area contributed by atoms with E-state index in [1.165, 1.54) is 5.56 Å². The Morgan fingerprint density at radius 3 is 2.79 bits per heavy atom. The van der Waals surface area contributed by atoms with Gasteiger partial charge in [0.1, 0.15) is 0 Å². The van der Waals surface area contributed by atoms with Gasteiger partial charge in [-0.3, -0.25) is 4.79 Å². The van der Waals surface area contributed by atoms with Gasteiger partial charge in [0.2, 0.25) is 5.91 Å². The standard InChI is InChI=1S/C16H18BrNO/c17-14-9-5-10-15-13(14)8-3-4-11-18(15)16(19)12-6-1-2-7-12/h1-2,5,9-10,12H,3-4,6-8,11H2. The summed E-state index contributed by atoms with van der Waals surface area (Å²) in [6.07, 6.45) is 9.36. The highest BCUT2D eigenvalue weighted by molar-refractivity contribution is 9.10. The topological polar surface area (TPSA) is 20.3 Å². The summed E-state index contributed by atoms with van der Waals surface area (Å²) in [5.41, 5.74) is 2.41. The van der Waals surface area contributed by atoms with Gasteiger partial charge in [0.25, 0.3) is 0 Å². The van der Waals surface area contributed by atoms with E-state index in [4.69, 9.17) is 0 Å². The summed E-state index contributed by atoms with van der Waals surface area (Å²) in [7, 11) is 0. The molecule has 0 bridgehead atoms. The number of nitrogens with zero attached hydrogens (tertiary/aromatic N) is 1. The molecule has 3 heteroatoms. The Morgan fingerprint density at radius 1 is 1.21 bits per heavy atom. The lowest BCUT2D eigenvalue weighted by molar-refractivity contribution is -0.122. The van der Waals surface area contributed by atoms with Crippen LogP contribution in [0.5, 0.6) is 0 Å². The first-order valence-electron chi connectivity index (χ1n) is 7.01. The number of allylic oxidation sites excluding steroid dienone is 2. The van der Waals surface area contributed by atoms with Crippen LogP contribution in [0, 0.1) is 5.92 Å². The third-order valence-electron chi connectivity index (χ3n) is 4.07. The molecule has 2 aliphatic rings. The predicted molar refractivity (Wildman–Crippen MR) is 81.3 cm³/mol. The van der Waals surface area contributed by atoms with Gasteiger partial charge in [-0.25, -0.2) is 0 Å². The Balaban J connectivity index is 1.94. The lowest BCUT2D eigenvalue weighted by atomic mass is 10.0. The lowest BCUT2D eigenvalue weighted by Gasteiger charge is -2.26. The summed E-state index contributed by atoms with van der Waals surface area (Å²) < 4.78 is 1.13. The molecule has 0 radical (unpaired) electrons. The zero-order chi connectivity index (χ0) is 13.2. The van der Waals surface area contributed by atoms with Crippen LogP contribution in [-0.4, -0.2) is 12.5 Å². The number of anilines is 1. The third kappa shape index (κ3) is 2.48. The summed E-state index contributed by atoms with van der Waals surface area (Å²) in [6, 6.07) is 6.19. The smallest absolute Gasteiger partial charge is 0.230 e. The van der Waals surface area contributed by atoms with Crippen molar-refractivity contribution in [2.24, 2.45) is 5.92 Å². The van der Waals surface area contributed by atoms with Crippen molar-refractivity contribution < 1.29 is 4.79 Å². The second-order valence-corrected chi connectivity index (χ2v) is 6.18. The average molecular weight is 320 g/mol. The summed E-state index contributed by atoms with van der Waals surface area (Å²) >= 11 is 3.63. The highest BCUT2D eigenvalue weighted by Gasteiger charge is 2.28. The van der Waals surface area contributed by atoms with E-state index in [0.29, 0.717) is 5.91 Å². The number of halogens is 1. The zero-order valence-corrected chi connectivity index (χ0v) is 12.5. The molecule has 0 saturated carbocycles. The van der Waals surface area contributed by atoms with Crippen molar-refractivity contribution >= 4 is 27.5 Å². The highest BCUT2D eigenvalue weighted by Crippen LogP contribution is 2.34. The van der Waals surface area contributed by atoms with E-state index in [1.54, 1.807) is 0 Å². The highest BCUT2D eigenvalue weighted by atomic mass is 79.9. The van der Waals surface area contributed by atoms with E-state index in [0.717, 1.165) is 48.8 Å². The fourth-order valence-electron chi connectivity index (χ4n) is 3.01. The van der Waals surface area contributed by atoms with Crippen LogP contribution in [0.15, 0.2) is 34.8 Å². The van der Waals surface area contributed by atoms with E-state index in [-0.39, 0.29) is 5.92 Å². The molecular weight excluding hydrogens is 302 g/mol. The van der Waals surface area contributed by atoms with E-state index < -0.39 is 0 Å². The number of benzene rings is 1. The van der Waals surface area contributed by atoms with Crippen molar-refractivity contribution in [2.75, 3.05) is 11.4 Å². The molecule has 0 unspecified atom stereocenters. The SMILES string of the molecule is O=C(C1CC=CC1)N1CCCCc2c(Br)cccc21. The minimum Gasteiger partial charge on any atom is -0.312 e. The number of fused-ring (bicyclic) bond motifs is 1. The Morgan fingerprint density at radius 2 is 2.00 bits per heavy atom. The van der Waals surface area contributed by atoms with Gasteiger partial charge >= 0.3 is 0 Å². The number of carbonyl (C=O) groups is 1. The number of carbonyl (C=O) groups excluding carboxylic acids is 1. The first-order valence-corrected chi connectivity index (χ1v) is 7.80. The van der Waals surface area contributed by atoms with Crippen molar-refractivity contribution in [1.82, 2.24) is 0 Å². The lowest BCUT2D eigenvalue weighted by Crippen LogP contribution is -2.36. The quantitative estimate of drug-likeness (QED) is 0.714. The predicted octanol–water partition coefficient (Wildman–Crippen LogP) is 4.08. The van der Waals surface area contributed by atoms with Crippen LogP contribution in [0.25, 0.3) is 0 Å². The van der Waals surface area contributed by atoms with Crippen molar-refractivity contribution in [3.05, 3.63) is 40.4 Å². The summed E-state index contributed by atoms with van der Waals surface area (Å²) in [5.74, 6) is 0.455. The molecular formula is C16H18BrNO. The van der Waals surface area contributed by atoms with Gasteiger partial charge < -0.3 is 4.90 Å². The number of hydrogen-bond acceptors (Lipinski definition) is 1. The molecule has 0 saturated heterocycles. The summed E-state index contributed by atoms with van der Waals surface area (Å²) in [5, 5.41) is 0. The minimum atomic E-state index is 0.157. The maximum Gasteiger partial charge on any atom is 0.230 e. The number of rotatable bonds is 1. The van der Waals surface area contributed by atoms with Gasteiger partial charge in [0.15, 0.2) is 0 Å². The fraction of sp³-hybridized carbons (Fsp3) is 0.438.